The van der Waals surface area contributed by atoms with Crippen LogP contribution in [0.5, 0.6) is 0 Å². The molecule has 1 fully saturated rings. The molecule has 1 aliphatic rings. The molecular formula is C14H25F3N2O. The molecular weight excluding hydrogens is 269 g/mol. The SMILES string of the molecule is CC(C1CC1)N(CC(F)(F)F)C(=O)C(C)(C)C(C)(C)N. The predicted octanol–water partition coefficient (Wildman–Crippen LogP) is 2.94. The zero-order valence-corrected chi connectivity index (χ0v) is 12.8. The third kappa shape index (κ3) is 3.87. The highest BCUT2D eigenvalue weighted by molar-refractivity contribution is 5.83. The Morgan fingerprint density at radius 1 is 1.25 bits per heavy atom. The minimum Gasteiger partial charge on any atom is -0.330 e. The van der Waals surface area contributed by atoms with Crippen LogP contribution in [0, 0.1) is 11.3 Å². The molecule has 1 saturated carbocycles. The van der Waals surface area contributed by atoms with E-state index in [2.05, 4.69) is 0 Å². The summed E-state index contributed by atoms with van der Waals surface area (Å²) in [4.78, 5) is 13.6. The van der Waals surface area contributed by atoms with E-state index in [1.807, 2.05) is 0 Å². The highest BCUT2D eigenvalue weighted by Crippen LogP contribution is 2.39. The van der Waals surface area contributed by atoms with E-state index < -0.39 is 35.6 Å². The summed E-state index contributed by atoms with van der Waals surface area (Å²) in [6.45, 7) is 7.04. The van der Waals surface area contributed by atoms with Crippen molar-refractivity contribution in [3.05, 3.63) is 0 Å². The molecule has 118 valence electrons. The van der Waals surface area contributed by atoms with Gasteiger partial charge in [-0.2, -0.15) is 13.2 Å². The smallest absolute Gasteiger partial charge is 0.330 e. The van der Waals surface area contributed by atoms with Gasteiger partial charge in [-0.3, -0.25) is 4.79 Å². The van der Waals surface area contributed by atoms with Crippen molar-refractivity contribution in [1.82, 2.24) is 4.90 Å². The second kappa shape index (κ2) is 5.20. The van der Waals surface area contributed by atoms with Crippen LogP contribution < -0.4 is 5.73 Å². The molecule has 0 aliphatic heterocycles. The van der Waals surface area contributed by atoms with Gasteiger partial charge in [0, 0.05) is 11.6 Å². The Hall–Kier alpha value is -0.780. The van der Waals surface area contributed by atoms with Gasteiger partial charge < -0.3 is 10.6 Å². The maximum atomic E-state index is 12.8. The number of nitrogens with zero attached hydrogens (tertiary/aromatic N) is 1. The number of hydrogen-bond acceptors (Lipinski definition) is 2. The van der Waals surface area contributed by atoms with Crippen LogP contribution in [0.4, 0.5) is 13.2 Å². The number of amides is 1. The average molecular weight is 294 g/mol. The summed E-state index contributed by atoms with van der Waals surface area (Å²) in [7, 11) is 0. The lowest BCUT2D eigenvalue weighted by Gasteiger charge is -2.43. The third-order valence-corrected chi connectivity index (χ3v) is 4.55. The Kier molecular flexibility index (Phi) is 4.49. The molecule has 2 N–H and O–H groups in total. The summed E-state index contributed by atoms with van der Waals surface area (Å²) < 4.78 is 38.3. The Morgan fingerprint density at radius 3 is 2.00 bits per heavy atom. The maximum Gasteiger partial charge on any atom is 0.406 e. The Balaban J connectivity index is 3.00. The van der Waals surface area contributed by atoms with E-state index in [9.17, 15) is 18.0 Å². The van der Waals surface area contributed by atoms with Crippen molar-refractivity contribution in [2.75, 3.05) is 6.54 Å². The molecule has 0 spiro atoms. The predicted molar refractivity (Wildman–Crippen MR) is 72.0 cm³/mol. The lowest BCUT2D eigenvalue weighted by Crippen LogP contribution is -2.59. The molecule has 1 aliphatic carbocycles. The monoisotopic (exact) mass is 294 g/mol. The molecule has 0 aromatic heterocycles. The van der Waals surface area contributed by atoms with Gasteiger partial charge in [0.2, 0.25) is 5.91 Å². The van der Waals surface area contributed by atoms with Crippen molar-refractivity contribution in [1.29, 1.82) is 0 Å². The molecule has 0 bridgehead atoms. The van der Waals surface area contributed by atoms with Gasteiger partial charge in [-0.25, -0.2) is 0 Å². The van der Waals surface area contributed by atoms with Crippen LogP contribution in [-0.4, -0.2) is 35.1 Å². The number of carbonyl (C=O) groups excluding carboxylic acids is 1. The van der Waals surface area contributed by atoms with Gasteiger partial charge in [0.1, 0.15) is 6.54 Å². The van der Waals surface area contributed by atoms with Gasteiger partial charge in [0.15, 0.2) is 0 Å². The minimum atomic E-state index is -4.40. The highest BCUT2D eigenvalue weighted by Gasteiger charge is 2.48. The number of halogens is 3. The first-order valence-electron chi connectivity index (χ1n) is 6.94. The molecule has 1 atom stereocenters. The quantitative estimate of drug-likeness (QED) is 0.847. The van der Waals surface area contributed by atoms with Crippen molar-refractivity contribution in [2.24, 2.45) is 17.1 Å². The molecule has 0 aromatic rings. The van der Waals surface area contributed by atoms with Gasteiger partial charge >= 0.3 is 6.18 Å². The Labute approximate surface area is 118 Å². The number of hydrogen-bond donors (Lipinski definition) is 1. The van der Waals surface area contributed by atoms with Gasteiger partial charge in [0.25, 0.3) is 0 Å². The molecule has 1 rings (SSSR count). The average Bonchev–Trinajstić information content (AvgIpc) is 3.04. The molecule has 20 heavy (non-hydrogen) atoms. The number of nitrogens with two attached hydrogens (primary N) is 1. The molecule has 0 saturated heterocycles. The Bertz CT molecular complexity index is 368. The maximum absolute atomic E-state index is 12.8. The van der Waals surface area contributed by atoms with Crippen molar-refractivity contribution < 1.29 is 18.0 Å². The van der Waals surface area contributed by atoms with Gasteiger partial charge in [0.05, 0.1) is 5.41 Å². The number of alkyl halides is 3. The van der Waals surface area contributed by atoms with Crippen LogP contribution in [-0.2, 0) is 4.79 Å². The van der Waals surface area contributed by atoms with Gasteiger partial charge in [-0.15, -0.1) is 0 Å². The molecule has 3 nitrogen and oxygen atoms in total. The standard InChI is InChI=1S/C14H25F3N2O/c1-9(10-6-7-10)19(8-14(15,16)17)11(20)12(2,3)13(4,5)18/h9-10H,6-8,18H2,1-5H3. The number of rotatable bonds is 5. The van der Waals surface area contributed by atoms with E-state index in [0.717, 1.165) is 17.7 Å². The van der Waals surface area contributed by atoms with Crippen LogP contribution in [0.2, 0.25) is 0 Å². The molecule has 0 aromatic carbocycles. The topological polar surface area (TPSA) is 46.3 Å². The van der Waals surface area contributed by atoms with E-state index in [-0.39, 0.29) is 5.92 Å². The van der Waals surface area contributed by atoms with Crippen LogP contribution in [0.25, 0.3) is 0 Å². The summed E-state index contributed by atoms with van der Waals surface area (Å²) in [5.74, 6) is -0.347. The van der Waals surface area contributed by atoms with Gasteiger partial charge in [-0.05, 0) is 53.4 Å². The fourth-order valence-corrected chi connectivity index (χ4v) is 2.06. The fraction of sp³-hybridized carbons (Fsp3) is 0.929. The Morgan fingerprint density at radius 2 is 1.70 bits per heavy atom. The minimum absolute atomic E-state index is 0.179. The summed E-state index contributed by atoms with van der Waals surface area (Å²) in [6, 6.07) is -0.397. The van der Waals surface area contributed by atoms with Crippen molar-refractivity contribution >= 4 is 5.91 Å². The van der Waals surface area contributed by atoms with Crippen molar-refractivity contribution in [3.8, 4) is 0 Å². The van der Waals surface area contributed by atoms with Crippen LogP contribution in [0.1, 0.15) is 47.5 Å². The van der Waals surface area contributed by atoms with E-state index >= 15 is 0 Å². The zero-order valence-electron chi connectivity index (χ0n) is 12.8. The molecule has 1 amide bonds. The lowest BCUT2D eigenvalue weighted by atomic mass is 9.74. The lowest BCUT2D eigenvalue weighted by molar-refractivity contribution is -0.173. The number of carbonyl (C=O) groups is 1. The molecule has 0 heterocycles. The molecule has 0 radical (unpaired) electrons. The van der Waals surface area contributed by atoms with Crippen LogP contribution in [0.15, 0.2) is 0 Å². The zero-order chi connectivity index (χ0) is 15.9. The second-order valence-corrected chi connectivity index (χ2v) is 6.97. The second-order valence-electron chi connectivity index (χ2n) is 6.97. The van der Waals surface area contributed by atoms with Gasteiger partial charge in [-0.1, -0.05) is 0 Å². The van der Waals surface area contributed by atoms with Crippen molar-refractivity contribution in [3.63, 3.8) is 0 Å². The largest absolute Gasteiger partial charge is 0.406 e. The van der Waals surface area contributed by atoms with E-state index in [0.29, 0.717) is 0 Å². The third-order valence-electron chi connectivity index (χ3n) is 4.55. The summed E-state index contributed by atoms with van der Waals surface area (Å²) >= 11 is 0. The van der Waals surface area contributed by atoms with Crippen molar-refractivity contribution in [2.45, 2.75) is 65.2 Å². The van der Waals surface area contributed by atoms with E-state index in [4.69, 9.17) is 5.73 Å². The molecule has 6 heteroatoms. The first kappa shape index (κ1) is 17.3. The fourth-order valence-electron chi connectivity index (χ4n) is 2.06. The normalized spacial score (nSPS) is 18.9. The van der Waals surface area contributed by atoms with Crippen LogP contribution in [0.3, 0.4) is 0 Å². The van der Waals surface area contributed by atoms with E-state index in [1.165, 1.54) is 0 Å². The highest BCUT2D eigenvalue weighted by atomic mass is 19.4. The summed E-state index contributed by atoms with van der Waals surface area (Å²) in [5.41, 5.74) is 4.03. The van der Waals surface area contributed by atoms with Crippen LogP contribution >= 0.6 is 0 Å². The molecule has 1 unspecified atom stereocenters. The van der Waals surface area contributed by atoms with E-state index in [1.54, 1.807) is 34.6 Å². The first-order chi connectivity index (χ1) is 8.77. The summed E-state index contributed by atoms with van der Waals surface area (Å²) in [5, 5.41) is 0. The summed E-state index contributed by atoms with van der Waals surface area (Å²) in [6.07, 6.45) is -2.63. The first-order valence-corrected chi connectivity index (χ1v) is 6.94.